The highest BCUT2D eigenvalue weighted by molar-refractivity contribution is 7.84. The number of halogens is 2. The molecule has 5 aliphatic heterocycles. The van der Waals surface area contributed by atoms with Crippen LogP contribution in [0, 0.1) is 17.3 Å². The first-order valence-corrected chi connectivity index (χ1v) is 23.0. The second-order valence-electron chi connectivity index (χ2n) is 18.6. The number of ether oxygens (including phenoxy) is 4. The lowest BCUT2D eigenvalue weighted by molar-refractivity contribution is -0.228. The number of aliphatic hydroxyl groups is 1. The van der Waals surface area contributed by atoms with Crippen LogP contribution in [0.15, 0.2) is 47.4 Å². The maximum absolute atomic E-state index is 15.4. The van der Waals surface area contributed by atoms with Crippen LogP contribution in [0.2, 0.25) is 0 Å². The molecule has 1 spiro atoms. The van der Waals surface area contributed by atoms with E-state index < -0.39 is 80.6 Å². The molecule has 2 bridgehead atoms. The molecule has 13 nitrogen and oxygen atoms in total. The average Bonchev–Trinajstić information content (AvgIpc) is 3.89. The number of nitrogens with one attached hydrogen (secondary N) is 1. The van der Waals surface area contributed by atoms with E-state index >= 15 is 13.6 Å². The summed E-state index contributed by atoms with van der Waals surface area (Å²) in [6, 6.07) is 7.88. The number of anilines is 1. The van der Waals surface area contributed by atoms with E-state index in [0.717, 1.165) is 17.9 Å². The molecule has 1 aromatic heterocycles. The first-order valence-electron chi connectivity index (χ1n) is 21.4. The van der Waals surface area contributed by atoms with Crippen LogP contribution in [0.4, 0.5) is 14.5 Å². The maximum Gasteiger partial charge on any atom is 0.344 e. The van der Waals surface area contributed by atoms with Gasteiger partial charge in [-0.3, -0.25) is 23.6 Å². The fraction of sp³-hybridized carbons (Fsp3) is 0.587. The molecule has 2 aromatic carbocycles. The van der Waals surface area contributed by atoms with Gasteiger partial charge in [0.15, 0.2) is 6.10 Å². The van der Waals surface area contributed by atoms with Crippen molar-refractivity contribution in [3.05, 3.63) is 64.9 Å². The smallest absolute Gasteiger partial charge is 0.344 e. The Bertz CT molecular complexity index is 2440. The number of esters is 3. The summed E-state index contributed by atoms with van der Waals surface area (Å²) in [4.78, 5) is 53.1. The number of H-pyrrole nitrogens is 1. The number of aromatic amines is 1. The molecule has 1 saturated carbocycles. The molecule has 6 aliphatic rings. The van der Waals surface area contributed by atoms with E-state index in [1.807, 2.05) is 53.1 Å². The summed E-state index contributed by atoms with van der Waals surface area (Å²) in [5, 5.41) is 14.0. The summed E-state index contributed by atoms with van der Waals surface area (Å²) >= 11 is 0. The summed E-state index contributed by atoms with van der Waals surface area (Å²) in [6.45, 7) is 6.22. The van der Waals surface area contributed by atoms with E-state index in [4.69, 9.17) is 18.9 Å². The average molecular weight is 879 g/mol. The number of piperidine rings is 1. The lowest BCUT2D eigenvalue weighted by Gasteiger charge is -2.63. The monoisotopic (exact) mass is 878 g/mol. The van der Waals surface area contributed by atoms with Crippen molar-refractivity contribution in [3.63, 3.8) is 0 Å². The van der Waals surface area contributed by atoms with E-state index in [-0.39, 0.29) is 31.8 Å². The van der Waals surface area contributed by atoms with Gasteiger partial charge in [-0.15, -0.1) is 0 Å². The zero-order valence-electron chi connectivity index (χ0n) is 36.5. The van der Waals surface area contributed by atoms with Crippen molar-refractivity contribution in [1.29, 1.82) is 0 Å². The third-order valence-corrected chi connectivity index (χ3v) is 16.6. The summed E-state index contributed by atoms with van der Waals surface area (Å²) < 4.78 is 67.4. The molecule has 3 fully saturated rings. The molecule has 2 saturated heterocycles. The molecule has 3 aromatic rings. The SMILES string of the molecule is CC[C@]12C=CCN3CC[C@@]4(c5cc([C@@]6(C(=O)OC)C[C@H]7CC(C(C)(F)F)CN(Cc8c6[nH]c6ccc(S(C)=O)cc86)C7)c(OC)cc5N(C)[C@H]4[C@@](O)(C(=O)OC)[C@@H]1OC(C)=O)[C@@H]32. The van der Waals surface area contributed by atoms with Crippen LogP contribution in [0.5, 0.6) is 5.75 Å². The molecular formula is C46H56F2N4O9S. The number of likely N-dealkylation sites (N-methyl/N-ethyl adjacent to an activating group) is 1. The van der Waals surface area contributed by atoms with E-state index in [1.165, 1.54) is 28.3 Å². The summed E-state index contributed by atoms with van der Waals surface area (Å²) in [6.07, 6.45) is 5.42. The van der Waals surface area contributed by atoms with E-state index in [0.29, 0.717) is 71.1 Å². The topological polar surface area (TPSA) is 151 Å². The van der Waals surface area contributed by atoms with Gasteiger partial charge in [0.05, 0.1) is 27.4 Å². The number of nitrogens with zero attached hydrogens (tertiary/aromatic N) is 3. The number of benzene rings is 2. The van der Waals surface area contributed by atoms with E-state index in [9.17, 15) is 18.9 Å². The molecule has 0 radical (unpaired) electrons. The Balaban J connectivity index is 1.37. The minimum absolute atomic E-state index is 0.0916. The van der Waals surface area contributed by atoms with Gasteiger partial charge in [-0.25, -0.2) is 13.6 Å². The second-order valence-corrected chi connectivity index (χ2v) is 20.0. The zero-order chi connectivity index (χ0) is 44.5. The van der Waals surface area contributed by atoms with Crippen LogP contribution < -0.4 is 9.64 Å². The first-order chi connectivity index (χ1) is 29.4. The van der Waals surface area contributed by atoms with Crippen molar-refractivity contribution in [2.24, 2.45) is 17.3 Å². The zero-order valence-corrected chi connectivity index (χ0v) is 37.3. The molecule has 62 heavy (non-hydrogen) atoms. The van der Waals surface area contributed by atoms with Crippen molar-refractivity contribution in [2.45, 2.75) is 98.4 Å². The molecule has 9 rings (SSSR count). The molecule has 6 heterocycles. The molecular weight excluding hydrogens is 823 g/mol. The van der Waals surface area contributed by atoms with E-state index in [1.54, 1.807) is 19.4 Å². The lowest BCUT2D eigenvalue weighted by Crippen LogP contribution is -2.81. The Labute approximate surface area is 362 Å². The van der Waals surface area contributed by atoms with E-state index in [2.05, 4.69) is 9.88 Å². The van der Waals surface area contributed by atoms with Crippen LogP contribution in [-0.4, -0.2) is 133 Å². The predicted molar refractivity (Wildman–Crippen MR) is 227 cm³/mol. The third-order valence-electron chi connectivity index (χ3n) is 15.7. The fourth-order valence-corrected chi connectivity index (χ4v) is 14.0. The Morgan fingerprint density at radius 1 is 1.05 bits per heavy atom. The number of carbonyl (C=O) groups excluding carboxylic acids is 3. The summed E-state index contributed by atoms with van der Waals surface area (Å²) in [5.74, 6) is -6.23. The largest absolute Gasteiger partial charge is 0.496 e. The number of rotatable bonds is 8. The fourth-order valence-electron chi connectivity index (χ4n) is 13.4. The number of methoxy groups -OCH3 is 3. The molecule has 334 valence electrons. The first kappa shape index (κ1) is 42.9. The number of carbonyl (C=O) groups is 3. The van der Waals surface area contributed by atoms with Crippen LogP contribution in [0.1, 0.15) is 68.8 Å². The Hall–Kier alpha value is -4.38. The Morgan fingerprint density at radius 3 is 2.44 bits per heavy atom. The number of alkyl halides is 2. The molecule has 2 N–H and O–H groups in total. The highest BCUT2D eigenvalue weighted by atomic mass is 32.2. The van der Waals surface area contributed by atoms with Gasteiger partial charge in [0.2, 0.25) is 11.5 Å². The molecule has 16 heteroatoms. The molecule has 3 unspecified atom stereocenters. The van der Waals surface area contributed by atoms with Crippen molar-refractivity contribution in [1.82, 2.24) is 14.8 Å². The van der Waals surface area contributed by atoms with Crippen LogP contribution in [-0.2, 0) is 56.8 Å². The van der Waals surface area contributed by atoms with Gasteiger partial charge in [0.25, 0.3) is 0 Å². The minimum Gasteiger partial charge on any atom is -0.496 e. The highest BCUT2D eigenvalue weighted by Gasteiger charge is 2.80. The van der Waals surface area contributed by atoms with Gasteiger partial charge >= 0.3 is 17.9 Å². The van der Waals surface area contributed by atoms with Gasteiger partial charge < -0.3 is 33.9 Å². The van der Waals surface area contributed by atoms with Crippen LogP contribution >= 0.6 is 0 Å². The number of aromatic nitrogens is 1. The Kier molecular flexibility index (Phi) is 10.1. The standard InChI is InChI=1S/C46H56F2N4O9S/c1-9-43-13-10-15-52-16-14-44(37(43)52)31-19-32(35(58-5)20-34(31)50(4)38(44)46(56,41(55)60-7)39(43)61-25(2)53)45(40(54)59-6)21-26-17-27(42(3,47)48)23-51(22-26)24-30-29-18-28(62(8)57)11-12-33(29)49-36(30)45/h10-13,18-20,26-27,37-39,49,56H,9,14-17,21-24H2,1-8H3/t26-,27?,37+,38-,39-,43-,44-,45+,46+,62?/m1/s1. The van der Waals surface area contributed by atoms with Gasteiger partial charge in [0.1, 0.15) is 11.2 Å². The van der Waals surface area contributed by atoms with Gasteiger partial charge in [-0.2, -0.15) is 0 Å². The second kappa shape index (κ2) is 14.6. The predicted octanol–water partition coefficient (Wildman–Crippen LogP) is 4.82. The number of hydrogen-bond donors (Lipinski definition) is 2. The summed E-state index contributed by atoms with van der Waals surface area (Å²) in [5.41, 5.74) is -2.29. The highest BCUT2D eigenvalue weighted by Crippen LogP contribution is 2.68. The third kappa shape index (κ3) is 5.63. The molecule has 11 atom stereocenters. The minimum atomic E-state index is -2.99. The van der Waals surface area contributed by atoms with Gasteiger partial charge in [0, 0.05) is 119 Å². The van der Waals surface area contributed by atoms with Crippen LogP contribution in [0.3, 0.4) is 0 Å². The van der Waals surface area contributed by atoms with Gasteiger partial charge in [-0.05, 0) is 80.5 Å². The van der Waals surface area contributed by atoms with Crippen molar-refractivity contribution >= 4 is 45.3 Å². The normalized spacial score (nSPS) is 35.2. The van der Waals surface area contributed by atoms with Crippen molar-refractivity contribution in [3.8, 4) is 5.75 Å². The number of hydrogen-bond acceptors (Lipinski definition) is 12. The lowest BCUT2D eigenvalue weighted by atomic mass is 9.47. The van der Waals surface area contributed by atoms with Crippen molar-refractivity contribution in [2.75, 3.05) is 65.7 Å². The molecule has 1 aliphatic carbocycles. The van der Waals surface area contributed by atoms with Crippen LogP contribution in [0.25, 0.3) is 10.9 Å². The maximum atomic E-state index is 15.4. The summed E-state index contributed by atoms with van der Waals surface area (Å²) in [7, 11) is 4.51. The van der Waals surface area contributed by atoms with Crippen molar-refractivity contribution < 1.29 is 51.4 Å². The quantitative estimate of drug-likeness (QED) is 0.182. The molecule has 0 amide bonds. The number of fused-ring (bicyclic) bond motifs is 6. The van der Waals surface area contributed by atoms with Gasteiger partial charge in [-0.1, -0.05) is 19.1 Å². The Morgan fingerprint density at radius 2 is 1.79 bits per heavy atom.